The Labute approximate surface area is 107 Å². The fourth-order valence-electron chi connectivity index (χ4n) is 1.67. The van der Waals surface area contributed by atoms with E-state index in [1.807, 2.05) is 16.9 Å². The fourth-order valence-corrected chi connectivity index (χ4v) is 1.67. The standard InChI is InChI=1S/C14H18FN3/c1-11(2)16-9-14-7-8-18(17-14)10-12-3-5-13(15)6-4-12/h3-8,11,16H,9-10H2,1-2H3. The lowest BCUT2D eigenvalue weighted by molar-refractivity contribution is 0.570. The zero-order valence-corrected chi connectivity index (χ0v) is 10.7. The molecule has 1 aromatic heterocycles. The molecule has 0 aliphatic heterocycles. The highest BCUT2D eigenvalue weighted by Crippen LogP contribution is 2.05. The van der Waals surface area contributed by atoms with E-state index >= 15 is 0 Å². The van der Waals surface area contributed by atoms with E-state index in [1.165, 1.54) is 12.1 Å². The summed E-state index contributed by atoms with van der Waals surface area (Å²) in [6, 6.07) is 8.96. The lowest BCUT2D eigenvalue weighted by Gasteiger charge is -2.05. The molecule has 1 heterocycles. The Kier molecular flexibility index (Phi) is 4.10. The molecule has 0 aliphatic rings. The lowest BCUT2D eigenvalue weighted by atomic mass is 10.2. The Morgan fingerprint density at radius 1 is 1.22 bits per heavy atom. The van der Waals surface area contributed by atoms with Crippen molar-refractivity contribution in [2.75, 3.05) is 0 Å². The molecule has 18 heavy (non-hydrogen) atoms. The SMILES string of the molecule is CC(C)NCc1ccn(Cc2ccc(F)cc2)n1. The van der Waals surface area contributed by atoms with Crippen molar-refractivity contribution in [3.05, 3.63) is 53.6 Å². The summed E-state index contributed by atoms with van der Waals surface area (Å²) in [6.07, 6.45) is 1.95. The van der Waals surface area contributed by atoms with E-state index in [1.54, 1.807) is 12.1 Å². The third-order valence-electron chi connectivity index (χ3n) is 2.65. The third kappa shape index (κ3) is 3.67. The summed E-state index contributed by atoms with van der Waals surface area (Å²) in [7, 11) is 0. The summed E-state index contributed by atoms with van der Waals surface area (Å²) in [4.78, 5) is 0. The van der Waals surface area contributed by atoms with Gasteiger partial charge in [0.2, 0.25) is 0 Å². The van der Waals surface area contributed by atoms with Gasteiger partial charge in [0.25, 0.3) is 0 Å². The predicted molar refractivity (Wildman–Crippen MR) is 69.7 cm³/mol. The average molecular weight is 247 g/mol. The molecule has 1 aromatic carbocycles. The Morgan fingerprint density at radius 2 is 1.94 bits per heavy atom. The fraction of sp³-hybridized carbons (Fsp3) is 0.357. The van der Waals surface area contributed by atoms with Crippen LogP contribution >= 0.6 is 0 Å². The van der Waals surface area contributed by atoms with E-state index in [2.05, 4.69) is 24.3 Å². The van der Waals surface area contributed by atoms with Crippen LogP contribution < -0.4 is 5.32 Å². The second kappa shape index (κ2) is 5.78. The van der Waals surface area contributed by atoms with Gasteiger partial charge < -0.3 is 5.32 Å². The molecule has 96 valence electrons. The van der Waals surface area contributed by atoms with Crippen molar-refractivity contribution in [1.82, 2.24) is 15.1 Å². The molecule has 0 saturated heterocycles. The van der Waals surface area contributed by atoms with Crippen LogP contribution in [0.2, 0.25) is 0 Å². The van der Waals surface area contributed by atoms with Crippen molar-refractivity contribution in [2.45, 2.75) is 33.0 Å². The lowest BCUT2D eigenvalue weighted by Crippen LogP contribution is -2.22. The molecule has 0 radical (unpaired) electrons. The first kappa shape index (κ1) is 12.8. The van der Waals surface area contributed by atoms with Gasteiger partial charge in [-0.05, 0) is 23.8 Å². The Morgan fingerprint density at radius 3 is 2.61 bits per heavy atom. The number of hydrogen-bond donors (Lipinski definition) is 1. The molecule has 0 saturated carbocycles. The van der Waals surface area contributed by atoms with Crippen LogP contribution in [-0.4, -0.2) is 15.8 Å². The van der Waals surface area contributed by atoms with Crippen molar-refractivity contribution in [3.8, 4) is 0 Å². The van der Waals surface area contributed by atoms with E-state index in [9.17, 15) is 4.39 Å². The van der Waals surface area contributed by atoms with Crippen LogP contribution in [0.1, 0.15) is 25.1 Å². The van der Waals surface area contributed by atoms with Gasteiger partial charge in [-0.3, -0.25) is 4.68 Å². The number of hydrogen-bond acceptors (Lipinski definition) is 2. The number of nitrogens with one attached hydrogen (secondary N) is 1. The highest BCUT2D eigenvalue weighted by Gasteiger charge is 2.01. The number of benzene rings is 1. The molecule has 0 spiro atoms. The van der Waals surface area contributed by atoms with E-state index < -0.39 is 0 Å². The van der Waals surface area contributed by atoms with Gasteiger partial charge in [-0.2, -0.15) is 5.10 Å². The number of rotatable bonds is 5. The maximum Gasteiger partial charge on any atom is 0.123 e. The van der Waals surface area contributed by atoms with Gasteiger partial charge in [-0.25, -0.2) is 4.39 Å². The third-order valence-corrected chi connectivity index (χ3v) is 2.65. The summed E-state index contributed by atoms with van der Waals surface area (Å²) >= 11 is 0. The molecule has 0 unspecified atom stereocenters. The van der Waals surface area contributed by atoms with Crippen LogP contribution in [0.4, 0.5) is 4.39 Å². The summed E-state index contributed by atoms with van der Waals surface area (Å²) in [5, 5.41) is 7.78. The number of nitrogens with zero attached hydrogens (tertiary/aromatic N) is 2. The summed E-state index contributed by atoms with van der Waals surface area (Å²) < 4.78 is 14.6. The van der Waals surface area contributed by atoms with Crippen LogP contribution in [0.3, 0.4) is 0 Å². The molecule has 0 fully saturated rings. The van der Waals surface area contributed by atoms with Crippen LogP contribution in [0.25, 0.3) is 0 Å². The van der Waals surface area contributed by atoms with Crippen LogP contribution in [0.15, 0.2) is 36.5 Å². The minimum atomic E-state index is -0.207. The highest BCUT2D eigenvalue weighted by molar-refractivity contribution is 5.16. The van der Waals surface area contributed by atoms with Gasteiger partial charge in [0.05, 0.1) is 12.2 Å². The minimum Gasteiger partial charge on any atom is -0.309 e. The molecule has 0 amide bonds. The average Bonchev–Trinajstić information content (AvgIpc) is 2.77. The first-order valence-corrected chi connectivity index (χ1v) is 6.13. The zero-order valence-electron chi connectivity index (χ0n) is 10.7. The van der Waals surface area contributed by atoms with Gasteiger partial charge >= 0.3 is 0 Å². The van der Waals surface area contributed by atoms with E-state index in [0.29, 0.717) is 12.6 Å². The van der Waals surface area contributed by atoms with Crippen molar-refractivity contribution < 1.29 is 4.39 Å². The second-order valence-corrected chi connectivity index (χ2v) is 4.67. The molecule has 0 bridgehead atoms. The molecule has 4 heteroatoms. The van der Waals surface area contributed by atoms with Crippen LogP contribution in [0, 0.1) is 5.82 Å². The summed E-state index contributed by atoms with van der Waals surface area (Å²) in [6.45, 7) is 5.65. The Balaban J connectivity index is 1.95. The van der Waals surface area contributed by atoms with Crippen molar-refractivity contribution in [2.24, 2.45) is 0 Å². The van der Waals surface area contributed by atoms with Gasteiger partial charge in [-0.1, -0.05) is 26.0 Å². The van der Waals surface area contributed by atoms with Crippen LogP contribution in [-0.2, 0) is 13.1 Å². The molecule has 2 aromatic rings. The molecule has 3 nitrogen and oxygen atoms in total. The van der Waals surface area contributed by atoms with E-state index in [0.717, 1.165) is 17.8 Å². The Bertz CT molecular complexity index is 488. The molecule has 1 N–H and O–H groups in total. The summed E-state index contributed by atoms with van der Waals surface area (Å²) in [5.41, 5.74) is 2.06. The maximum atomic E-state index is 12.8. The van der Waals surface area contributed by atoms with E-state index in [-0.39, 0.29) is 5.82 Å². The van der Waals surface area contributed by atoms with Gasteiger partial charge in [0.15, 0.2) is 0 Å². The highest BCUT2D eigenvalue weighted by atomic mass is 19.1. The second-order valence-electron chi connectivity index (χ2n) is 4.67. The smallest absolute Gasteiger partial charge is 0.123 e. The monoisotopic (exact) mass is 247 g/mol. The normalized spacial score (nSPS) is 11.1. The molecule has 0 atom stereocenters. The quantitative estimate of drug-likeness (QED) is 0.880. The van der Waals surface area contributed by atoms with Gasteiger partial charge in [-0.15, -0.1) is 0 Å². The minimum absolute atomic E-state index is 0.207. The van der Waals surface area contributed by atoms with E-state index in [4.69, 9.17) is 0 Å². The molecular weight excluding hydrogens is 229 g/mol. The first-order valence-electron chi connectivity index (χ1n) is 6.13. The molecule has 0 aliphatic carbocycles. The topological polar surface area (TPSA) is 29.9 Å². The Hall–Kier alpha value is -1.68. The van der Waals surface area contributed by atoms with Gasteiger partial charge in [0, 0.05) is 18.8 Å². The van der Waals surface area contributed by atoms with Crippen molar-refractivity contribution >= 4 is 0 Å². The molecular formula is C14H18FN3. The summed E-state index contributed by atoms with van der Waals surface area (Å²) in [5.74, 6) is -0.207. The largest absolute Gasteiger partial charge is 0.309 e. The number of halogens is 1. The maximum absolute atomic E-state index is 12.8. The predicted octanol–water partition coefficient (Wildman–Crippen LogP) is 2.57. The van der Waals surface area contributed by atoms with Crippen molar-refractivity contribution in [1.29, 1.82) is 0 Å². The number of aromatic nitrogens is 2. The first-order chi connectivity index (χ1) is 8.63. The van der Waals surface area contributed by atoms with Crippen LogP contribution in [0.5, 0.6) is 0 Å². The molecule has 2 rings (SSSR count). The van der Waals surface area contributed by atoms with Crippen molar-refractivity contribution in [3.63, 3.8) is 0 Å². The van der Waals surface area contributed by atoms with Gasteiger partial charge in [0.1, 0.15) is 5.82 Å². The zero-order chi connectivity index (χ0) is 13.0.